The van der Waals surface area contributed by atoms with Crippen LogP contribution in [0.1, 0.15) is 23.7 Å². The van der Waals surface area contributed by atoms with E-state index in [2.05, 4.69) is 0 Å². The Balaban J connectivity index is 2.09. The second kappa shape index (κ2) is 7.45. The van der Waals surface area contributed by atoms with Crippen LogP contribution in [0.25, 0.3) is 0 Å². The summed E-state index contributed by atoms with van der Waals surface area (Å²) in [7, 11) is 1.50. The number of carbonyl (C=O) groups is 2. The molecule has 22 heavy (non-hydrogen) atoms. The summed E-state index contributed by atoms with van der Waals surface area (Å²) in [5.74, 6) is -0.602. The Morgan fingerprint density at radius 2 is 1.91 bits per heavy atom. The van der Waals surface area contributed by atoms with Crippen LogP contribution in [0.4, 0.5) is 0 Å². The number of aliphatic carboxylic acids is 1. The van der Waals surface area contributed by atoms with Gasteiger partial charge in [-0.05, 0) is 24.1 Å². The van der Waals surface area contributed by atoms with Crippen molar-refractivity contribution in [3.63, 3.8) is 0 Å². The molecular formula is C17H19NO4. The number of amides is 1. The number of carboxylic acid groups (broad SMARTS) is 1. The molecule has 1 amide bonds. The summed E-state index contributed by atoms with van der Waals surface area (Å²) in [5, 5.41) is 8.77. The monoisotopic (exact) mass is 301 g/mol. The molecule has 116 valence electrons. The van der Waals surface area contributed by atoms with Gasteiger partial charge in [-0.3, -0.25) is 9.59 Å². The van der Waals surface area contributed by atoms with Crippen LogP contribution in [0.3, 0.4) is 0 Å². The van der Waals surface area contributed by atoms with Crippen LogP contribution in [-0.2, 0) is 16.0 Å². The molecule has 2 aromatic rings. The van der Waals surface area contributed by atoms with Crippen molar-refractivity contribution in [3.05, 3.63) is 60.1 Å². The molecule has 0 bridgehead atoms. The molecule has 1 N–H and O–H groups in total. The van der Waals surface area contributed by atoms with Gasteiger partial charge in [-0.2, -0.15) is 0 Å². The lowest BCUT2D eigenvalue weighted by Crippen LogP contribution is -2.33. The lowest BCUT2D eigenvalue weighted by atomic mass is 9.93. The summed E-state index contributed by atoms with van der Waals surface area (Å²) in [6, 6.07) is 13.5. The molecule has 0 spiro atoms. The van der Waals surface area contributed by atoms with Crippen molar-refractivity contribution >= 4 is 11.9 Å². The van der Waals surface area contributed by atoms with Gasteiger partial charge in [-0.1, -0.05) is 30.3 Å². The number of likely N-dealkylation sites (N-methyl/N-ethyl adjacent to an activating group) is 1. The third-order valence-corrected chi connectivity index (χ3v) is 3.49. The molecule has 0 saturated carbocycles. The number of hydrogen-bond acceptors (Lipinski definition) is 3. The van der Waals surface area contributed by atoms with E-state index in [-0.39, 0.29) is 24.8 Å². The largest absolute Gasteiger partial charge is 0.480 e. The first-order chi connectivity index (χ1) is 10.6. The van der Waals surface area contributed by atoms with E-state index in [9.17, 15) is 9.59 Å². The van der Waals surface area contributed by atoms with E-state index in [4.69, 9.17) is 9.52 Å². The minimum absolute atomic E-state index is 0.110. The van der Waals surface area contributed by atoms with Gasteiger partial charge in [0, 0.05) is 19.4 Å². The Kier molecular flexibility index (Phi) is 5.36. The molecule has 0 radical (unpaired) electrons. The van der Waals surface area contributed by atoms with Gasteiger partial charge in [0.2, 0.25) is 5.91 Å². The number of hydrogen-bond donors (Lipinski definition) is 1. The van der Waals surface area contributed by atoms with E-state index >= 15 is 0 Å². The molecule has 1 aromatic carbocycles. The molecule has 1 aromatic heterocycles. The number of carboxylic acids is 1. The molecular weight excluding hydrogens is 282 g/mol. The van der Waals surface area contributed by atoms with Crippen molar-refractivity contribution in [1.29, 1.82) is 0 Å². The molecule has 2 rings (SSSR count). The van der Waals surface area contributed by atoms with E-state index in [0.717, 1.165) is 11.3 Å². The van der Waals surface area contributed by atoms with Crippen molar-refractivity contribution in [2.75, 3.05) is 13.6 Å². The molecule has 0 aliphatic heterocycles. The fourth-order valence-electron chi connectivity index (χ4n) is 2.35. The maximum Gasteiger partial charge on any atom is 0.323 e. The SMILES string of the molecule is CN(CC(=O)O)C(=O)CC(Cc1ccccc1)c1ccco1. The quantitative estimate of drug-likeness (QED) is 0.853. The zero-order chi connectivity index (χ0) is 15.9. The van der Waals surface area contributed by atoms with Gasteiger partial charge >= 0.3 is 5.97 Å². The number of carbonyl (C=O) groups excluding carboxylic acids is 1. The molecule has 0 saturated heterocycles. The minimum atomic E-state index is -1.02. The fourth-order valence-corrected chi connectivity index (χ4v) is 2.35. The van der Waals surface area contributed by atoms with E-state index in [1.54, 1.807) is 12.3 Å². The summed E-state index contributed by atoms with van der Waals surface area (Å²) >= 11 is 0. The normalized spacial score (nSPS) is 11.9. The highest BCUT2D eigenvalue weighted by molar-refractivity contribution is 5.81. The molecule has 1 heterocycles. The average molecular weight is 301 g/mol. The van der Waals surface area contributed by atoms with Gasteiger partial charge in [-0.25, -0.2) is 0 Å². The highest BCUT2D eigenvalue weighted by atomic mass is 16.4. The molecule has 5 heteroatoms. The predicted molar refractivity (Wildman–Crippen MR) is 81.5 cm³/mol. The molecule has 0 aliphatic carbocycles. The minimum Gasteiger partial charge on any atom is -0.480 e. The zero-order valence-corrected chi connectivity index (χ0v) is 12.4. The first-order valence-electron chi connectivity index (χ1n) is 7.09. The Morgan fingerprint density at radius 3 is 2.50 bits per heavy atom. The van der Waals surface area contributed by atoms with Crippen LogP contribution in [0.2, 0.25) is 0 Å². The Hall–Kier alpha value is -2.56. The van der Waals surface area contributed by atoms with Gasteiger partial charge in [0.25, 0.3) is 0 Å². The van der Waals surface area contributed by atoms with Crippen LogP contribution in [0, 0.1) is 0 Å². The first kappa shape index (κ1) is 15.8. The second-order valence-electron chi connectivity index (χ2n) is 5.25. The average Bonchev–Trinajstić information content (AvgIpc) is 3.01. The van der Waals surface area contributed by atoms with E-state index in [1.807, 2.05) is 36.4 Å². The molecule has 0 fully saturated rings. The smallest absolute Gasteiger partial charge is 0.323 e. The first-order valence-corrected chi connectivity index (χ1v) is 7.09. The van der Waals surface area contributed by atoms with Crippen molar-refractivity contribution in [3.8, 4) is 0 Å². The van der Waals surface area contributed by atoms with Gasteiger partial charge in [0.15, 0.2) is 0 Å². The van der Waals surface area contributed by atoms with Crippen molar-refractivity contribution in [2.45, 2.75) is 18.8 Å². The summed E-state index contributed by atoms with van der Waals surface area (Å²) in [4.78, 5) is 24.1. The summed E-state index contributed by atoms with van der Waals surface area (Å²) in [5.41, 5.74) is 1.11. The standard InChI is InChI=1S/C17H19NO4/c1-18(12-17(20)21)16(19)11-14(15-8-5-9-22-15)10-13-6-3-2-4-7-13/h2-9,14H,10-12H2,1H3,(H,20,21). The van der Waals surface area contributed by atoms with Crippen LogP contribution < -0.4 is 0 Å². The third-order valence-electron chi connectivity index (χ3n) is 3.49. The summed E-state index contributed by atoms with van der Waals surface area (Å²) in [6.45, 7) is -0.297. The van der Waals surface area contributed by atoms with Gasteiger partial charge < -0.3 is 14.4 Å². The van der Waals surface area contributed by atoms with Crippen LogP contribution in [0.15, 0.2) is 53.1 Å². The molecule has 0 aliphatic rings. The van der Waals surface area contributed by atoms with E-state index in [0.29, 0.717) is 6.42 Å². The van der Waals surface area contributed by atoms with Crippen molar-refractivity contribution in [2.24, 2.45) is 0 Å². The highest BCUT2D eigenvalue weighted by Gasteiger charge is 2.22. The summed E-state index contributed by atoms with van der Waals surface area (Å²) < 4.78 is 5.44. The van der Waals surface area contributed by atoms with Gasteiger partial charge in [0.1, 0.15) is 12.3 Å². The second-order valence-corrected chi connectivity index (χ2v) is 5.25. The third kappa shape index (κ3) is 4.48. The van der Waals surface area contributed by atoms with Crippen molar-refractivity contribution < 1.29 is 19.1 Å². The Morgan fingerprint density at radius 1 is 1.18 bits per heavy atom. The lowest BCUT2D eigenvalue weighted by molar-refractivity contribution is -0.143. The number of nitrogens with zero attached hydrogens (tertiary/aromatic N) is 1. The maximum atomic E-state index is 12.2. The fraction of sp³-hybridized carbons (Fsp3) is 0.294. The summed E-state index contributed by atoms with van der Waals surface area (Å²) in [6.07, 6.45) is 2.46. The zero-order valence-electron chi connectivity index (χ0n) is 12.4. The maximum absolute atomic E-state index is 12.2. The number of rotatable bonds is 7. The molecule has 1 unspecified atom stereocenters. The topological polar surface area (TPSA) is 70.8 Å². The predicted octanol–water partition coefficient (Wildman–Crippen LogP) is 2.54. The van der Waals surface area contributed by atoms with Gasteiger partial charge in [-0.15, -0.1) is 0 Å². The van der Waals surface area contributed by atoms with E-state index in [1.165, 1.54) is 11.9 Å². The Labute approximate surface area is 129 Å². The molecule has 5 nitrogen and oxygen atoms in total. The highest BCUT2D eigenvalue weighted by Crippen LogP contribution is 2.25. The van der Waals surface area contributed by atoms with Crippen LogP contribution in [-0.4, -0.2) is 35.5 Å². The van der Waals surface area contributed by atoms with Crippen molar-refractivity contribution in [1.82, 2.24) is 4.90 Å². The Bertz CT molecular complexity index is 607. The lowest BCUT2D eigenvalue weighted by Gasteiger charge is -2.19. The molecule has 1 atom stereocenters. The number of furan rings is 1. The van der Waals surface area contributed by atoms with Crippen LogP contribution in [0.5, 0.6) is 0 Å². The number of benzene rings is 1. The van der Waals surface area contributed by atoms with Gasteiger partial charge in [0.05, 0.1) is 6.26 Å². The van der Waals surface area contributed by atoms with Crippen LogP contribution >= 0.6 is 0 Å². The van der Waals surface area contributed by atoms with E-state index < -0.39 is 5.97 Å².